The Morgan fingerprint density at radius 1 is 0.812 bits per heavy atom. The van der Waals surface area contributed by atoms with Crippen LogP contribution in [-0.2, 0) is 19.1 Å². The molecular formula is C10H16Cl2O4. The SMILES string of the molecule is O=C(CCCl)OCCCCOC(=O)CCCl. The zero-order valence-corrected chi connectivity index (χ0v) is 10.6. The number of carbonyl (C=O) groups is 2. The maximum absolute atomic E-state index is 10.9. The van der Waals surface area contributed by atoms with E-state index >= 15 is 0 Å². The fourth-order valence-electron chi connectivity index (χ4n) is 0.875. The second-order valence-corrected chi connectivity index (χ2v) is 3.78. The van der Waals surface area contributed by atoms with E-state index in [9.17, 15) is 9.59 Å². The second-order valence-electron chi connectivity index (χ2n) is 3.03. The van der Waals surface area contributed by atoms with Crippen LogP contribution in [0.25, 0.3) is 0 Å². The second kappa shape index (κ2) is 11.0. The minimum Gasteiger partial charge on any atom is -0.466 e. The molecular weight excluding hydrogens is 255 g/mol. The van der Waals surface area contributed by atoms with Gasteiger partial charge in [0.25, 0.3) is 0 Å². The standard InChI is InChI=1S/C10H16Cl2O4/c11-5-3-9(13)15-7-1-2-8-16-10(14)4-6-12/h1-8H2. The van der Waals surface area contributed by atoms with Gasteiger partial charge in [0, 0.05) is 11.8 Å². The summed E-state index contributed by atoms with van der Waals surface area (Å²) >= 11 is 10.7. The Morgan fingerprint density at radius 2 is 1.19 bits per heavy atom. The van der Waals surface area contributed by atoms with Crippen molar-refractivity contribution in [1.29, 1.82) is 0 Å². The molecule has 0 unspecified atom stereocenters. The van der Waals surface area contributed by atoms with E-state index < -0.39 is 0 Å². The Balaban J connectivity index is 3.21. The zero-order chi connectivity index (χ0) is 12.2. The lowest BCUT2D eigenvalue weighted by atomic mass is 10.3. The van der Waals surface area contributed by atoms with E-state index in [0.29, 0.717) is 26.1 Å². The van der Waals surface area contributed by atoms with Crippen LogP contribution in [0.3, 0.4) is 0 Å². The van der Waals surface area contributed by atoms with Gasteiger partial charge in [0.15, 0.2) is 0 Å². The summed E-state index contributed by atoms with van der Waals surface area (Å²) in [5, 5.41) is 0. The van der Waals surface area contributed by atoms with Gasteiger partial charge in [-0.1, -0.05) is 0 Å². The van der Waals surface area contributed by atoms with E-state index in [2.05, 4.69) is 0 Å². The molecule has 0 aromatic rings. The molecule has 0 aromatic heterocycles. The number of hydrogen-bond donors (Lipinski definition) is 0. The third-order valence-electron chi connectivity index (χ3n) is 1.66. The van der Waals surface area contributed by atoms with Gasteiger partial charge in [-0.15, -0.1) is 23.2 Å². The van der Waals surface area contributed by atoms with Crippen LogP contribution in [-0.4, -0.2) is 36.9 Å². The van der Waals surface area contributed by atoms with Crippen molar-refractivity contribution in [1.82, 2.24) is 0 Å². The van der Waals surface area contributed by atoms with E-state index in [1.807, 2.05) is 0 Å². The normalized spacial score (nSPS) is 9.88. The summed E-state index contributed by atoms with van der Waals surface area (Å²) in [7, 11) is 0. The molecule has 0 atom stereocenters. The number of carbonyl (C=O) groups excluding carboxylic acids is 2. The van der Waals surface area contributed by atoms with Gasteiger partial charge in [-0.05, 0) is 12.8 Å². The van der Waals surface area contributed by atoms with Crippen molar-refractivity contribution in [2.75, 3.05) is 25.0 Å². The molecule has 94 valence electrons. The lowest BCUT2D eigenvalue weighted by molar-refractivity contribution is -0.145. The largest absolute Gasteiger partial charge is 0.466 e. The molecule has 0 spiro atoms. The summed E-state index contributed by atoms with van der Waals surface area (Å²) < 4.78 is 9.70. The summed E-state index contributed by atoms with van der Waals surface area (Å²) in [6.07, 6.45) is 1.79. The number of rotatable bonds is 9. The van der Waals surface area contributed by atoms with Gasteiger partial charge >= 0.3 is 11.9 Å². The average Bonchev–Trinajstić information content (AvgIpc) is 2.24. The van der Waals surface area contributed by atoms with Gasteiger partial charge in [-0.2, -0.15) is 0 Å². The van der Waals surface area contributed by atoms with Crippen molar-refractivity contribution in [2.24, 2.45) is 0 Å². The topological polar surface area (TPSA) is 52.6 Å². The van der Waals surface area contributed by atoms with Crippen LogP contribution in [0.4, 0.5) is 0 Å². The molecule has 6 heteroatoms. The number of esters is 2. The Bertz CT molecular complexity index is 187. The predicted molar refractivity (Wildman–Crippen MR) is 61.8 cm³/mol. The molecule has 0 aliphatic rings. The maximum atomic E-state index is 10.9. The third-order valence-corrected chi connectivity index (χ3v) is 2.04. The molecule has 0 amide bonds. The summed E-state index contributed by atoms with van der Waals surface area (Å²) in [4.78, 5) is 21.7. The number of alkyl halides is 2. The Kier molecular flexibility index (Phi) is 10.7. The lowest BCUT2D eigenvalue weighted by Gasteiger charge is -2.04. The number of unbranched alkanes of at least 4 members (excludes halogenated alkanes) is 1. The van der Waals surface area contributed by atoms with Crippen molar-refractivity contribution < 1.29 is 19.1 Å². The highest BCUT2D eigenvalue weighted by molar-refractivity contribution is 6.19. The van der Waals surface area contributed by atoms with E-state index in [1.165, 1.54) is 0 Å². The summed E-state index contributed by atoms with van der Waals surface area (Å²) in [5.74, 6) is -0.0488. The van der Waals surface area contributed by atoms with E-state index in [1.54, 1.807) is 0 Å². The molecule has 0 radical (unpaired) electrons. The summed E-state index contributed by atoms with van der Waals surface area (Å²) in [6, 6.07) is 0. The van der Waals surface area contributed by atoms with Gasteiger partial charge in [0.05, 0.1) is 26.1 Å². The molecule has 0 fully saturated rings. The number of ether oxygens (including phenoxy) is 2. The first-order chi connectivity index (χ1) is 7.70. The zero-order valence-electron chi connectivity index (χ0n) is 9.05. The molecule has 0 aliphatic carbocycles. The molecule has 0 rings (SSSR count). The first-order valence-electron chi connectivity index (χ1n) is 5.14. The van der Waals surface area contributed by atoms with Crippen molar-refractivity contribution >= 4 is 35.1 Å². The highest BCUT2D eigenvalue weighted by Gasteiger charge is 2.02. The van der Waals surface area contributed by atoms with Gasteiger partial charge in [-0.25, -0.2) is 0 Å². The fraction of sp³-hybridized carbons (Fsp3) is 0.800. The molecule has 0 aromatic carbocycles. The van der Waals surface area contributed by atoms with Gasteiger partial charge in [0.1, 0.15) is 0 Å². The van der Waals surface area contributed by atoms with Crippen molar-refractivity contribution in [3.63, 3.8) is 0 Å². The maximum Gasteiger partial charge on any atom is 0.306 e. The highest BCUT2D eigenvalue weighted by Crippen LogP contribution is 1.96. The van der Waals surface area contributed by atoms with Gasteiger partial charge in [-0.3, -0.25) is 9.59 Å². The van der Waals surface area contributed by atoms with Crippen LogP contribution >= 0.6 is 23.2 Å². The van der Waals surface area contributed by atoms with Gasteiger partial charge in [0.2, 0.25) is 0 Å². The molecule has 4 nitrogen and oxygen atoms in total. The van der Waals surface area contributed by atoms with E-state index in [-0.39, 0.29) is 36.5 Å². The molecule has 0 saturated carbocycles. The molecule has 0 aliphatic heterocycles. The molecule has 0 heterocycles. The van der Waals surface area contributed by atoms with Crippen LogP contribution in [0.15, 0.2) is 0 Å². The number of hydrogen-bond acceptors (Lipinski definition) is 4. The van der Waals surface area contributed by atoms with Gasteiger partial charge < -0.3 is 9.47 Å². The summed E-state index contributed by atoms with van der Waals surface area (Å²) in [5.41, 5.74) is 0. The van der Waals surface area contributed by atoms with Crippen LogP contribution in [0, 0.1) is 0 Å². The predicted octanol–water partition coefficient (Wildman–Crippen LogP) is 2.11. The first-order valence-corrected chi connectivity index (χ1v) is 6.20. The molecule has 0 saturated heterocycles. The molecule has 16 heavy (non-hydrogen) atoms. The van der Waals surface area contributed by atoms with E-state index in [4.69, 9.17) is 32.7 Å². The first kappa shape index (κ1) is 15.5. The van der Waals surface area contributed by atoms with Crippen molar-refractivity contribution in [3.8, 4) is 0 Å². The quantitative estimate of drug-likeness (QED) is 0.366. The smallest absolute Gasteiger partial charge is 0.306 e. The number of halogens is 2. The van der Waals surface area contributed by atoms with Crippen LogP contribution in [0.5, 0.6) is 0 Å². The van der Waals surface area contributed by atoms with Crippen LogP contribution < -0.4 is 0 Å². The monoisotopic (exact) mass is 270 g/mol. The summed E-state index contributed by atoms with van der Waals surface area (Å²) in [6.45, 7) is 0.672. The van der Waals surface area contributed by atoms with E-state index in [0.717, 1.165) is 0 Å². The average molecular weight is 271 g/mol. The van der Waals surface area contributed by atoms with Crippen LogP contribution in [0.1, 0.15) is 25.7 Å². The third kappa shape index (κ3) is 10.1. The Hall–Kier alpha value is -0.480. The minimum absolute atomic E-state index is 0.228. The Morgan fingerprint density at radius 3 is 1.50 bits per heavy atom. The lowest BCUT2D eigenvalue weighted by Crippen LogP contribution is -2.09. The minimum atomic E-state index is -0.297. The fourth-order valence-corrected chi connectivity index (χ4v) is 1.18. The van der Waals surface area contributed by atoms with Crippen LogP contribution in [0.2, 0.25) is 0 Å². The molecule has 0 bridgehead atoms. The highest BCUT2D eigenvalue weighted by atomic mass is 35.5. The van der Waals surface area contributed by atoms with Crippen molar-refractivity contribution in [2.45, 2.75) is 25.7 Å². The van der Waals surface area contributed by atoms with Crippen molar-refractivity contribution in [3.05, 3.63) is 0 Å². The Labute approximate surface area is 105 Å². The molecule has 0 N–H and O–H groups in total.